The highest BCUT2D eigenvalue weighted by molar-refractivity contribution is 6.30. The number of amides is 2. The van der Waals surface area contributed by atoms with Gasteiger partial charge < -0.3 is 20.6 Å². The molecule has 11 heteroatoms. The fraction of sp³-hybridized carbons (Fsp3) is 0.480. The van der Waals surface area contributed by atoms with Crippen molar-refractivity contribution in [2.45, 2.75) is 70.7 Å². The van der Waals surface area contributed by atoms with Crippen molar-refractivity contribution in [3.63, 3.8) is 0 Å². The van der Waals surface area contributed by atoms with E-state index in [2.05, 4.69) is 25.8 Å². The van der Waals surface area contributed by atoms with Gasteiger partial charge in [-0.3, -0.25) is 9.59 Å². The van der Waals surface area contributed by atoms with Crippen LogP contribution in [-0.2, 0) is 16.2 Å². The summed E-state index contributed by atoms with van der Waals surface area (Å²) in [7, 11) is 0. The number of aliphatic hydroxyl groups is 1. The van der Waals surface area contributed by atoms with Crippen molar-refractivity contribution in [3.8, 4) is 0 Å². The molecule has 2 atom stereocenters. The Labute approximate surface area is 213 Å². The number of rotatable bonds is 7. The molecule has 3 N–H and O–H groups in total. The minimum absolute atomic E-state index is 0.00582. The summed E-state index contributed by atoms with van der Waals surface area (Å²) in [5, 5.41) is 19.3. The maximum Gasteiger partial charge on any atom is 0.270 e. The fourth-order valence-electron chi connectivity index (χ4n) is 4.51. The Kier molecular flexibility index (Phi) is 8.15. The minimum atomic E-state index is -1.01. The van der Waals surface area contributed by atoms with Gasteiger partial charge in [-0.15, -0.1) is 0 Å². The van der Waals surface area contributed by atoms with Gasteiger partial charge in [0.1, 0.15) is 35.3 Å². The second-order valence-electron chi connectivity index (χ2n) is 9.30. The molecule has 192 valence electrons. The zero-order valence-corrected chi connectivity index (χ0v) is 20.9. The molecule has 0 radical (unpaired) electrons. The number of aryl methyl sites for hydroxylation is 1. The highest BCUT2D eigenvalue weighted by Crippen LogP contribution is 2.33. The number of aliphatic hydroxyl groups excluding tert-OH is 1. The number of carbonyl (C=O) groups is 2. The topological polar surface area (TPSA) is 126 Å². The predicted octanol–water partition coefficient (Wildman–Crippen LogP) is 3.06. The number of halogens is 2. The normalized spacial score (nSPS) is 22.4. The van der Waals surface area contributed by atoms with Crippen LogP contribution in [0.25, 0.3) is 0 Å². The predicted molar refractivity (Wildman–Crippen MR) is 131 cm³/mol. The summed E-state index contributed by atoms with van der Waals surface area (Å²) < 4.78 is 13.4. The number of carbonyl (C=O) groups excluding carboxylic acids is 2. The van der Waals surface area contributed by atoms with Gasteiger partial charge >= 0.3 is 0 Å². The van der Waals surface area contributed by atoms with Crippen LogP contribution in [0.1, 0.15) is 66.6 Å². The molecule has 1 aromatic heterocycles. The largest absolute Gasteiger partial charge is 0.391 e. The number of benzene rings is 1. The Morgan fingerprint density at radius 1 is 1.22 bits per heavy atom. The molecule has 1 saturated carbocycles. The summed E-state index contributed by atoms with van der Waals surface area (Å²) in [4.78, 5) is 38.9. The molecule has 0 saturated heterocycles. The van der Waals surface area contributed by atoms with Crippen LogP contribution in [0.2, 0.25) is 5.02 Å². The van der Waals surface area contributed by atoms with Crippen molar-refractivity contribution >= 4 is 29.1 Å². The van der Waals surface area contributed by atoms with Crippen LogP contribution < -0.4 is 10.6 Å². The zero-order chi connectivity index (χ0) is 25.8. The molecule has 0 bridgehead atoms. The summed E-state index contributed by atoms with van der Waals surface area (Å²) >= 11 is 5.81. The molecular weight excluding hydrogens is 489 g/mol. The number of nitrogens with zero attached hydrogens (tertiary/aromatic N) is 3. The van der Waals surface area contributed by atoms with Gasteiger partial charge in [-0.1, -0.05) is 22.8 Å². The molecular formula is C25H29ClFN5O4. The summed E-state index contributed by atoms with van der Waals surface area (Å²) in [6.07, 6.45) is 2.85. The first-order valence-electron chi connectivity index (χ1n) is 12.0. The van der Waals surface area contributed by atoms with E-state index >= 15 is 0 Å². The number of hydrogen-bond acceptors (Lipinski definition) is 7. The van der Waals surface area contributed by atoms with E-state index in [1.807, 2.05) is 0 Å². The van der Waals surface area contributed by atoms with Gasteiger partial charge in [-0.25, -0.2) is 14.4 Å². The lowest BCUT2D eigenvalue weighted by atomic mass is 9.81. The van der Waals surface area contributed by atoms with E-state index in [0.29, 0.717) is 35.1 Å². The van der Waals surface area contributed by atoms with Crippen LogP contribution in [0.4, 0.5) is 4.39 Å². The van der Waals surface area contributed by atoms with E-state index in [-0.39, 0.29) is 35.3 Å². The van der Waals surface area contributed by atoms with Crippen LogP contribution in [0.15, 0.2) is 29.4 Å². The molecule has 9 nitrogen and oxygen atoms in total. The van der Waals surface area contributed by atoms with Crippen LogP contribution in [0.3, 0.4) is 0 Å². The van der Waals surface area contributed by atoms with Gasteiger partial charge in [0, 0.05) is 19.0 Å². The Hall–Kier alpha value is -3.11. The van der Waals surface area contributed by atoms with Crippen molar-refractivity contribution in [2.24, 2.45) is 11.1 Å². The third-order valence-corrected chi connectivity index (χ3v) is 6.81. The number of hydrogen-bond donors (Lipinski definition) is 3. The highest BCUT2D eigenvalue weighted by Gasteiger charge is 2.34. The van der Waals surface area contributed by atoms with Gasteiger partial charge in [0.15, 0.2) is 0 Å². The standard InChI is InChI=1S/C25H29ClFN5O4/c1-13(33)24(34)31-17-6-4-16(5-7-17)23-11-21(32-36-23)20-10-22(30-14(2)29-20)25(35)28-12-15-3-8-19(27)18(26)9-15/h3,8-10,13,16-17,23,33H,4-7,11-12H2,1-2H3,(H,28,35)(H,31,34). The maximum atomic E-state index is 13.4. The van der Waals surface area contributed by atoms with Crippen molar-refractivity contribution in [1.82, 2.24) is 20.6 Å². The summed E-state index contributed by atoms with van der Waals surface area (Å²) in [5.41, 5.74) is 2.07. The monoisotopic (exact) mass is 517 g/mol. The van der Waals surface area contributed by atoms with Crippen molar-refractivity contribution in [1.29, 1.82) is 0 Å². The third-order valence-electron chi connectivity index (χ3n) is 6.52. The number of oxime groups is 1. The Morgan fingerprint density at radius 3 is 2.67 bits per heavy atom. The average molecular weight is 518 g/mol. The van der Waals surface area contributed by atoms with Crippen molar-refractivity contribution in [2.75, 3.05) is 0 Å². The van der Waals surface area contributed by atoms with E-state index in [0.717, 1.165) is 25.7 Å². The number of nitrogens with one attached hydrogen (secondary N) is 2. The van der Waals surface area contributed by atoms with Crippen molar-refractivity contribution < 1.29 is 23.9 Å². The van der Waals surface area contributed by atoms with Gasteiger partial charge in [-0.05, 0) is 69.2 Å². The lowest BCUT2D eigenvalue weighted by Crippen LogP contribution is -2.43. The van der Waals surface area contributed by atoms with Gasteiger partial charge in [-0.2, -0.15) is 0 Å². The lowest BCUT2D eigenvalue weighted by Gasteiger charge is -2.31. The zero-order valence-electron chi connectivity index (χ0n) is 20.1. The smallest absolute Gasteiger partial charge is 0.270 e. The van der Waals surface area contributed by atoms with Crippen LogP contribution in [0.5, 0.6) is 0 Å². The van der Waals surface area contributed by atoms with Crippen molar-refractivity contribution in [3.05, 3.63) is 57.9 Å². The minimum Gasteiger partial charge on any atom is -0.391 e. The molecule has 2 aromatic rings. The molecule has 1 aromatic carbocycles. The molecule has 1 fully saturated rings. The molecule has 4 rings (SSSR count). The fourth-order valence-corrected chi connectivity index (χ4v) is 4.72. The summed E-state index contributed by atoms with van der Waals surface area (Å²) in [6, 6.07) is 5.92. The first kappa shape index (κ1) is 26.0. The third kappa shape index (κ3) is 6.36. The average Bonchev–Trinajstić information content (AvgIpc) is 3.35. The molecule has 1 aliphatic heterocycles. The van der Waals surface area contributed by atoms with E-state index in [1.165, 1.54) is 19.1 Å². The van der Waals surface area contributed by atoms with E-state index in [9.17, 15) is 19.1 Å². The highest BCUT2D eigenvalue weighted by atomic mass is 35.5. The molecule has 1 aliphatic carbocycles. The Morgan fingerprint density at radius 2 is 1.97 bits per heavy atom. The van der Waals surface area contributed by atoms with Gasteiger partial charge in [0.05, 0.1) is 10.7 Å². The first-order chi connectivity index (χ1) is 17.2. The SMILES string of the molecule is Cc1nc(C(=O)NCc2ccc(F)c(Cl)c2)cc(C2=NOC(C3CCC(NC(=O)C(C)O)CC3)C2)n1. The molecule has 36 heavy (non-hydrogen) atoms. The molecule has 2 amide bonds. The first-order valence-corrected chi connectivity index (χ1v) is 12.4. The van der Waals surface area contributed by atoms with E-state index in [1.54, 1.807) is 19.1 Å². The summed E-state index contributed by atoms with van der Waals surface area (Å²) in [5.74, 6) is -0.531. The quantitative estimate of drug-likeness (QED) is 0.518. The Balaban J connectivity index is 1.33. The van der Waals surface area contributed by atoms with Crippen LogP contribution in [-0.4, -0.2) is 50.9 Å². The number of aromatic nitrogens is 2. The molecule has 2 heterocycles. The van der Waals surface area contributed by atoms with E-state index in [4.69, 9.17) is 16.4 Å². The molecule has 2 aliphatic rings. The summed E-state index contributed by atoms with van der Waals surface area (Å²) in [6.45, 7) is 3.33. The molecule has 2 unspecified atom stereocenters. The van der Waals surface area contributed by atoms with Crippen LogP contribution in [0, 0.1) is 18.7 Å². The Bertz CT molecular complexity index is 1170. The second kappa shape index (κ2) is 11.3. The maximum absolute atomic E-state index is 13.4. The molecule has 0 spiro atoms. The van der Waals surface area contributed by atoms with Crippen LogP contribution >= 0.6 is 11.6 Å². The second-order valence-corrected chi connectivity index (χ2v) is 9.71. The van der Waals surface area contributed by atoms with Gasteiger partial charge in [0.2, 0.25) is 5.91 Å². The van der Waals surface area contributed by atoms with Gasteiger partial charge in [0.25, 0.3) is 5.91 Å². The van der Waals surface area contributed by atoms with E-state index < -0.39 is 17.8 Å². The lowest BCUT2D eigenvalue weighted by molar-refractivity contribution is -0.129.